The molecule has 142 valence electrons. The van der Waals surface area contributed by atoms with E-state index in [-0.39, 0.29) is 10.0 Å². The number of hydrogen-bond acceptors (Lipinski definition) is 3. The number of sulfone groups is 1. The predicted octanol–water partition coefficient (Wildman–Crippen LogP) is 5.32. The Bertz CT molecular complexity index is 1170. The molecular formula is C16H6BrClF5NO2S. The first-order valence-electron chi connectivity index (χ1n) is 7.02. The summed E-state index contributed by atoms with van der Waals surface area (Å²) in [6.45, 7) is 0. The molecule has 0 aliphatic heterocycles. The number of rotatable bonds is 3. The van der Waals surface area contributed by atoms with Crippen LogP contribution in [0.15, 0.2) is 33.8 Å². The van der Waals surface area contributed by atoms with Gasteiger partial charge in [-0.25, -0.2) is 35.4 Å². The molecule has 0 bridgehead atoms. The fourth-order valence-electron chi connectivity index (χ4n) is 2.41. The summed E-state index contributed by atoms with van der Waals surface area (Å²) in [4.78, 5) is 3.55. The van der Waals surface area contributed by atoms with Crippen LogP contribution in [-0.2, 0) is 15.6 Å². The van der Waals surface area contributed by atoms with E-state index in [1.807, 2.05) is 0 Å². The van der Waals surface area contributed by atoms with Gasteiger partial charge in [0.1, 0.15) is 9.76 Å². The molecule has 1 aromatic heterocycles. The van der Waals surface area contributed by atoms with Crippen molar-refractivity contribution in [3.05, 3.63) is 68.7 Å². The van der Waals surface area contributed by atoms with E-state index < -0.39 is 50.2 Å². The van der Waals surface area contributed by atoms with Crippen LogP contribution in [0.1, 0.15) is 5.56 Å². The maximum atomic E-state index is 13.8. The molecule has 0 N–H and O–H groups in total. The van der Waals surface area contributed by atoms with Crippen LogP contribution in [0.2, 0.25) is 5.15 Å². The van der Waals surface area contributed by atoms with E-state index >= 15 is 0 Å². The Kier molecular flexibility index (Phi) is 5.17. The summed E-state index contributed by atoms with van der Waals surface area (Å²) in [7, 11) is -4.44. The van der Waals surface area contributed by atoms with E-state index in [9.17, 15) is 30.4 Å². The van der Waals surface area contributed by atoms with Crippen molar-refractivity contribution in [2.45, 2.75) is 10.6 Å². The van der Waals surface area contributed by atoms with Crippen LogP contribution in [0.3, 0.4) is 0 Å². The fourth-order valence-corrected chi connectivity index (χ4v) is 4.64. The second kappa shape index (κ2) is 6.99. The van der Waals surface area contributed by atoms with Crippen molar-refractivity contribution in [2.24, 2.45) is 0 Å². The van der Waals surface area contributed by atoms with E-state index in [1.54, 1.807) is 0 Å². The SMILES string of the molecule is O=S(=O)(Cc1c(F)c(F)c(F)c(F)c1F)c1ccc2c(Br)nc(Cl)cc2c1. The Morgan fingerprint density at radius 2 is 1.48 bits per heavy atom. The Morgan fingerprint density at radius 1 is 0.926 bits per heavy atom. The number of hydrogen-bond donors (Lipinski definition) is 0. The molecule has 0 saturated heterocycles. The minimum atomic E-state index is -4.44. The van der Waals surface area contributed by atoms with Gasteiger partial charge in [-0.15, -0.1) is 0 Å². The van der Waals surface area contributed by atoms with Crippen LogP contribution in [0.25, 0.3) is 10.8 Å². The van der Waals surface area contributed by atoms with Gasteiger partial charge in [-0.05, 0) is 39.5 Å². The highest BCUT2D eigenvalue weighted by Crippen LogP contribution is 2.30. The highest BCUT2D eigenvalue weighted by Gasteiger charge is 2.29. The molecule has 0 radical (unpaired) electrons. The molecule has 3 nitrogen and oxygen atoms in total. The average Bonchev–Trinajstić information content (AvgIpc) is 2.61. The Balaban J connectivity index is 2.13. The maximum Gasteiger partial charge on any atom is 0.200 e. The lowest BCUT2D eigenvalue weighted by Gasteiger charge is -2.10. The van der Waals surface area contributed by atoms with Crippen LogP contribution in [0.4, 0.5) is 22.0 Å². The van der Waals surface area contributed by atoms with Crippen molar-refractivity contribution in [1.29, 1.82) is 0 Å². The molecule has 1 heterocycles. The third-order valence-corrected chi connectivity index (χ3v) is 6.16. The van der Waals surface area contributed by atoms with Crippen molar-refractivity contribution in [3.8, 4) is 0 Å². The third-order valence-electron chi connectivity index (χ3n) is 3.72. The van der Waals surface area contributed by atoms with Gasteiger partial charge in [-0.3, -0.25) is 0 Å². The number of aromatic nitrogens is 1. The summed E-state index contributed by atoms with van der Waals surface area (Å²) in [6, 6.07) is 5.02. The van der Waals surface area contributed by atoms with Crippen LogP contribution in [-0.4, -0.2) is 13.4 Å². The molecule has 27 heavy (non-hydrogen) atoms. The van der Waals surface area contributed by atoms with Gasteiger partial charge in [-0.2, -0.15) is 0 Å². The number of pyridine rings is 1. The van der Waals surface area contributed by atoms with Gasteiger partial charge < -0.3 is 0 Å². The molecule has 0 aliphatic carbocycles. The first kappa shape index (κ1) is 20.0. The molecule has 0 unspecified atom stereocenters. The summed E-state index contributed by atoms with van der Waals surface area (Å²) in [6.07, 6.45) is 0. The van der Waals surface area contributed by atoms with Gasteiger partial charge >= 0.3 is 0 Å². The van der Waals surface area contributed by atoms with Gasteiger partial charge in [0.15, 0.2) is 33.1 Å². The minimum Gasteiger partial charge on any atom is -0.229 e. The Morgan fingerprint density at radius 3 is 2.07 bits per heavy atom. The van der Waals surface area contributed by atoms with Crippen molar-refractivity contribution < 1.29 is 30.4 Å². The van der Waals surface area contributed by atoms with E-state index in [0.29, 0.717) is 15.4 Å². The summed E-state index contributed by atoms with van der Waals surface area (Å²) in [5.41, 5.74) is -1.43. The average molecular weight is 487 g/mol. The van der Waals surface area contributed by atoms with Gasteiger partial charge in [0.05, 0.1) is 10.6 Å². The van der Waals surface area contributed by atoms with Crippen LogP contribution >= 0.6 is 27.5 Å². The highest BCUT2D eigenvalue weighted by atomic mass is 79.9. The van der Waals surface area contributed by atoms with Gasteiger partial charge in [0.2, 0.25) is 5.82 Å². The first-order chi connectivity index (χ1) is 12.5. The van der Waals surface area contributed by atoms with Crippen molar-refractivity contribution >= 4 is 48.1 Å². The van der Waals surface area contributed by atoms with Crippen molar-refractivity contribution in [1.82, 2.24) is 4.98 Å². The molecule has 2 aromatic carbocycles. The smallest absolute Gasteiger partial charge is 0.200 e. The minimum absolute atomic E-state index is 0.0590. The van der Waals surface area contributed by atoms with Gasteiger partial charge in [-0.1, -0.05) is 17.7 Å². The largest absolute Gasteiger partial charge is 0.229 e. The van der Waals surface area contributed by atoms with Crippen molar-refractivity contribution in [3.63, 3.8) is 0 Å². The number of fused-ring (bicyclic) bond motifs is 1. The molecule has 0 fully saturated rings. The van der Waals surface area contributed by atoms with Crippen LogP contribution in [0.5, 0.6) is 0 Å². The van der Waals surface area contributed by atoms with Crippen molar-refractivity contribution in [2.75, 3.05) is 0 Å². The molecule has 0 atom stereocenters. The van der Waals surface area contributed by atoms with Crippen LogP contribution in [0, 0.1) is 29.1 Å². The Hall–Kier alpha value is -1.78. The monoisotopic (exact) mass is 485 g/mol. The summed E-state index contributed by atoms with van der Waals surface area (Å²) in [5.74, 6) is -12.6. The molecule has 11 heteroatoms. The van der Waals surface area contributed by atoms with Crippen LogP contribution < -0.4 is 0 Å². The number of benzene rings is 2. The molecule has 3 rings (SSSR count). The lowest BCUT2D eigenvalue weighted by atomic mass is 10.2. The summed E-state index contributed by atoms with van der Waals surface area (Å²) >= 11 is 8.96. The molecular weight excluding hydrogens is 481 g/mol. The second-order valence-corrected chi connectivity index (χ2v) is 8.55. The molecule has 0 amide bonds. The van der Waals surface area contributed by atoms with E-state index in [0.717, 1.165) is 12.1 Å². The fraction of sp³-hybridized carbons (Fsp3) is 0.0625. The number of nitrogens with zero attached hydrogens (tertiary/aromatic N) is 1. The van der Waals surface area contributed by atoms with E-state index in [4.69, 9.17) is 11.6 Å². The maximum absolute atomic E-state index is 13.8. The second-order valence-electron chi connectivity index (χ2n) is 5.43. The summed E-state index contributed by atoms with van der Waals surface area (Å²) in [5, 5.41) is 0.915. The number of halogens is 7. The predicted molar refractivity (Wildman–Crippen MR) is 91.6 cm³/mol. The zero-order chi connectivity index (χ0) is 20.1. The normalized spacial score (nSPS) is 12.0. The van der Waals surface area contributed by atoms with Gasteiger partial charge in [0.25, 0.3) is 0 Å². The quantitative estimate of drug-likeness (QED) is 0.218. The van der Waals surface area contributed by atoms with E-state index in [1.165, 1.54) is 12.1 Å². The molecule has 0 spiro atoms. The standard InChI is InChI=1S/C16H6BrClF5NO2S/c17-16-8-2-1-7(3-6(8)4-10(18)24-16)27(25,26)5-9-11(19)13(21)15(23)14(22)12(9)20/h1-4H,5H2. The topological polar surface area (TPSA) is 47.0 Å². The lowest BCUT2D eigenvalue weighted by molar-refractivity contribution is 0.372. The Labute approximate surface area is 162 Å². The van der Waals surface area contributed by atoms with Gasteiger partial charge in [0, 0.05) is 10.9 Å². The highest BCUT2D eigenvalue weighted by molar-refractivity contribution is 9.10. The first-order valence-corrected chi connectivity index (χ1v) is 9.84. The lowest BCUT2D eigenvalue weighted by Crippen LogP contribution is -2.13. The van der Waals surface area contributed by atoms with E-state index in [2.05, 4.69) is 20.9 Å². The molecule has 0 aliphatic rings. The summed E-state index contributed by atoms with van der Waals surface area (Å²) < 4.78 is 92.6. The molecule has 0 saturated carbocycles. The third kappa shape index (κ3) is 3.53. The zero-order valence-electron chi connectivity index (χ0n) is 12.8. The zero-order valence-corrected chi connectivity index (χ0v) is 16.0. The molecule has 3 aromatic rings.